The molecule has 7 nitrogen and oxygen atoms in total. The third-order valence-electron chi connectivity index (χ3n) is 4.74. The molecule has 0 radical (unpaired) electrons. The summed E-state index contributed by atoms with van der Waals surface area (Å²) in [5, 5.41) is 9.09. The van der Waals surface area contributed by atoms with Crippen LogP contribution in [0.1, 0.15) is 38.4 Å². The Morgan fingerprint density at radius 3 is 2.07 bits per heavy atom. The number of hydrogen-bond donors (Lipinski definition) is 3. The van der Waals surface area contributed by atoms with Crippen LogP contribution in [0.2, 0.25) is 0 Å². The second-order valence-electron chi connectivity index (χ2n) is 6.75. The molecule has 0 bridgehead atoms. The summed E-state index contributed by atoms with van der Waals surface area (Å²) in [6.45, 7) is 1.86. The fraction of sp³-hybridized carbons (Fsp3) is 0.136. The number of nitrogens with two attached hydrogens (primary N) is 2. The van der Waals surface area contributed by atoms with Crippen LogP contribution in [-0.2, 0) is 11.2 Å². The van der Waals surface area contributed by atoms with Crippen molar-refractivity contribution < 1.29 is 19.5 Å². The van der Waals surface area contributed by atoms with Gasteiger partial charge in [0.15, 0.2) is 0 Å². The summed E-state index contributed by atoms with van der Waals surface area (Å²) >= 11 is 0. The summed E-state index contributed by atoms with van der Waals surface area (Å²) < 4.78 is 1.96. The molecular weight excluding hydrogens is 370 g/mol. The normalized spacial score (nSPS) is 10.7. The Bertz CT molecular complexity index is 1100. The van der Waals surface area contributed by atoms with Gasteiger partial charge in [0, 0.05) is 22.5 Å². The van der Waals surface area contributed by atoms with Crippen LogP contribution < -0.4 is 11.5 Å². The van der Waals surface area contributed by atoms with Gasteiger partial charge >= 0.3 is 5.97 Å². The maximum atomic E-state index is 11.5. The molecule has 148 valence electrons. The van der Waals surface area contributed by atoms with Crippen molar-refractivity contribution in [2.45, 2.75) is 19.8 Å². The smallest absolute Gasteiger partial charge is 0.303 e. The lowest BCUT2D eigenvalue weighted by Crippen LogP contribution is -2.12. The monoisotopic (exact) mass is 391 g/mol. The van der Waals surface area contributed by atoms with Crippen molar-refractivity contribution in [3.05, 3.63) is 77.0 Å². The highest BCUT2D eigenvalue weighted by Crippen LogP contribution is 2.29. The van der Waals surface area contributed by atoms with Gasteiger partial charge in [0.25, 0.3) is 0 Å². The minimum absolute atomic E-state index is 0.0114. The van der Waals surface area contributed by atoms with Crippen LogP contribution in [0, 0.1) is 6.92 Å². The third-order valence-corrected chi connectivity index (χ3v) is 4.74. The first kappa shape index (κ1) is 19.9. The van der Waals surface area contributed by atoms with Crippen molar-refractivity contribution in [3.8, 4) is 16.9 Å². The number of hydrogen-bond acceptors (Lipinski definition) is 3. The van der Waals surface area contributed by atoms with E-state index in [1.54, 1.807) is 42.5 Å². The van der Waals surface area contributed by atoms with Crippen molar-refractivity contribution in [3.63, 3.8) is 0 Å². The minimum atomic E-state index is -0.883. The Kier molecular flexibility index (Phi) is 5.50. The quantitative estimate of drug-likeness (QED) is 0.572. The summed E-state index contributed by atoms with van der Waals surface area (Å²) in [5.41, 5.74) is 15.6. The third kappa shape index (κ3) is 4.19. The highest BCUT2D eigenvalue weighted by atomic mass is 16.4. The molecule has 0 saturated carbocycles. The molecule has 5 N–H and O–H groups in total. The molecule has 2 amide bonds. The Hall–Kier alpha value is -3.87. The lowest BCUT2D eigenvalue weighted by Gasteiger charge is -2.17. The first-order chi connectivity index (χ1) is 13.8. The summed E-state index contributed by atoms with van der Waals surface area (Å²) in [6.07, 6.45) is 0.328. The molecule has 0 aliphatic heterocycles. The molecule has 2 aromatic carbocycles. The lowest BCUT2D eigenvalue weighted by atomic mass is 10.1. The van der Waals surface area contributed by atoms with E-state index in [1.165, 1.54) is 0 Å². The first-order valence-corrected chi connectivity index (χ1v) is 9.01. The number of amides is 2. The highest BCUT2D eigenvalue weighted by Gasteiger charge is 2.16. The molecule has 3 rings (SSSR count). The van der Waals surface area contributed by atoms with Gasteiger partial charge in [-0.25, -0.2) is 0 Å². The first-order valence-electron chi connectivity index (χ1n) is 9.01. The van der Waals surface area contributed by atoms with E-state index in [-0.39, 0.29) is 6.42 Å². The Morgan fingerprint density at radius 2 is 1.52 bits per heavy atom. The van der Waals surface area contributed by atoms with E-state index < -0.39 is 17.8 Å². The van der Waals surface area contributed by atoms with E-state index >= 15 is 0 Å². The fourth-order valence-corrected chi connectivity index (χ4v) is 3.28. The van der Waals surface area contributed by atoms with E-state index in [0.29, 0.717) is 17.5 Å². The van der Waals surface area contributed by atoms with E-state index in [2.05, 4.69) is 0 Å². The van der Waals surface area contributed by atoms with Crippen LogP contribution in [-0.4, -0.2) is 27.5 Å². The zero-order chi connectivity index (χ0) is 21.1. The average molecular weight is 391 g/mol. The summed E-state index contributed by atoms with van der Waals surface area (Å²) in [7, 11) is 0. The topological polar surface area (TPSA) is 128 Å². The van der Waals surface area contributed by atoms with Gasteiger partial charge < -0.3 is 21.1 Å². The van der Waals surface area contributed by atoms with Gasteiger partial charge in [-0.1, -0.05) is 12.1 Å². The maximum Gasteiger partial charge on any atom is 0.303 e. The number of primary amides is 2. The molecule has 0 saturated heterocycles. The Morgan fingerprint density at radius 1 is 0.897 bits per heavy atom. The number of benzene rings is 2. The molecule has 3 aromatic rings. The van der Waals surface area contributed by atoms with Crippen LogP contribution in [0.5, 0.6) is 0 Å². The largest absolute Gasteiger partial charge is 0.481 e. The molecule has 1 aromatic heterocycles. The average Bonchev–Trinajstić information content (AvgIpc) is 3.09. The van der Waals surface area contributed by atoms with E-state index in [1.807, 2.05) is 23.6 Å². The van der Waals surface area contributed by atoms with Gasteiger partial charge in [-0.05, 0) is 66.9 Å². The lowest BCUT2D eigenvalue weighted by molar-refractivity contribution is -0.137. The number of aromatic nitrogens is 1. The Balaban J connectivity index is 2.14. The van der Waals surface area contributed by atoms with Crippen LogP contribution >= 0.6 is 0 Å². The summed E-state index contributed by atoms with van der Waals surface area (Å²) in [4.78, 5) is 33.9. The molecule has 29 heavy (non-hydrogen) atoms. The molecule has 0 aliphatic carbocycles. The van der Waals surface area contributed by atoms with Crippen molar-refractivity contribution >= 4 is 17.8 Å². The van der Waals surface area contributed by atoms with Crippen molar-refractivity contribution in [1.82, 2.24) is 4.57 Å². The van der Waals surface area contributed by atoms with E-state index in [9.17, 15) is 14.4 Å². The highest BCUT2D eigenvalue weighted by molar-refractivity contribution is 5.94. The van der Waals surface area contributed by atoms with Crippen LogP contribution in [0.15, 0.2) is 54.6 Å². The van der Waals surface area contributed by atoms with Crippen molar-refractivity contribution in [2.75, 3.05) is 0 Å². The standard InChI is InChI=1S/C22H21N3O4/c1-13-12-16(22(24)29)6-9-18(13)25-17(8-11-20(26)27)7-10-19(25)14-2-4-15(5-3-14)21(23)28/h2-7,9-10,12H,8,11H2,1H3,(H2,23,28)(H2,24,29)(H,26,27). The van der Waals surface area contributed by atoms with Crippen LogP contribution in [0.3, 0.4) is 0 Å². The zero-order valence-electron chi connectivity index (χ0n) is 15.9. The number of carbonyl (C=O) groups excluding carboxylic acids is 2. The molecular formula is C22H21N3O4. The second-order valence-corrected chi connectivity index (χ2v) is 6.75. The number of nitrogens with zero attached hydrogens (tertiary/aromatic N) is 1. The predicted molar refractivity (Wildman–Crippen MR) is 109 cm³/mol. The Labute approximate surface area is 167 Å². The number of rotatable bonds is 7. The van der Waals surface area contributed by atoms with E-state index in [4.69, 9.17) is 16.6 Å². The zero-order valence-corrected chi connectivity index (χ0v) is 15.9. The van der Waals surface area contributed by atoms with Gasteiger partial charge in [-0.2, -0.15) is 0 Å². The van der Waals surface area contributed by atoms with Gasteiger partial charge in [0.05, 0.1) is 12.1 Å². The summed E-state index contributed by atoms with van der Waals surface area (Å²) in [5.74, 6) is -1.90. The SMILES string of the molecule is Cc1cc(C(N)=O)ccc1-n1c(CCC(=O)O)ccc1-c1ccc(C(N)=O)cc1. The number of carbonyl (C=O) groups is 3. The number of aryl methyl sites for hydroxylation is 2. The predicted octanol–water partition coefficient (Wildman–Crippen LogP) is 2.67. The van der Waals surface area contributed by atoms with Gasteiger partial charge in [0.1, 0.15) is 0 Å². The number of carboxylic acid groups (broad SMARTS) is 1. The molecule has 1 heterocycles. The molecule has 7 heteroatoms. The molecule has 0 atom stereocenters. The fourth-order valence-electron chi connectivity index (χ4n) is 3.28. The number of carboxylic acids is 1. The van der Waals surface area contributed by atoms with Crippen LogP contribution in [0.4, 0.5) is 0 Å². The number of aliphatic carboxylic acids is 1. The van der Waals surface area contributed by atoms with Gasteiger partial charge in [-0.15, -0.1) is 0 Å². The molecule has 0 aliphatic rings. The summed E-state index contributed by atoms with van der Waals surface area (Å²) in [6, 6.07) is 15.8. The second kappa shape index (κ2) is 8.02. The van der Waals surface area contributed by atoms with Crippen LogP contribution in [0.25, 0.3) is 16.9 Å². The van der Waals surface area contributed by atoms with Crippen molar-refractivity contribution in [2.24, 2.45) is 11.5 Å². The molecule has 0 fully saturated rings. The van der Waals surface area contributed by atoms with E-state index in [0.717, 1.165) is 28.2 Å². The minimum Gasteiger partial charge on any atom is -0.481 e. The molecule has 0 spiro atoms. The van der Waals surface area contributed by atoms with Gasteiger partial charge in [0.2, 0.25) is 11.8 Å². The van der Waals surface area contributed by atoms with Crippen molar-refractivity contribution in [1.29, 1.82) is 0 Å². The maximum absolute atomic E-state index is 11.5. The molecule has 0 unspecified atom stereocenters. The van der Waals surface area contributed by atoms with Gasteiger partial charge in [-0.3, -0.25) is 14.4 Å².